The topological polar surface area (TPSA) is 20.5 Å². The second kappa shape index (κ2) is 7.84. The third-order valence-corrected chi connectivity index (χ3v) is 9.31. The van der Waals surface area contributed by atoms with E-state index in [9.17, 15) is 0 Å². The summed E-state index contributed by atoms with van der Waals surface area (Å²) < 4.78 is 7.58. The second-order valence-corrected chi connectivity index (χ2v) is 10.2. The molecule has 4 rings (SSSR count). The molecule has 0 saturated carbocycles. The van der Waals surface area contributed by atoms with Crippen LogP contribution in [-0.2, 0) is 7.05 Å². The summed E-state index contributed by atoms with van der Waals surface area (Å²) in [5, 5.41) is 3.22. The molecule has 138 valence electrons. The van der Waals surface area contributed by atoms with Crippen molar-refractivity contribution in [3.63, 3.8) is 0 Å². The van der Waals surface area contributed by atoms with Crippen molar-refractivity contribution in [3.05, 3.63) is 79.0 Å². The number of nitrogens with zero attached hydrogens (tertiary/aromatic N) is 3. The van der Waals surface area contributed by atoms with E-state index in [4.69, 9.17) is 17.0 Å². The van der Waals surface area contributed by atoms with Crippen molar-refractivity contribution in [2.45, 2.75) is 12.8 Å². The van der Waals surface area contributed by atoms with Gasteiger partial charge >= 0.3 is 0 Å². The third kappa shape index (κ3) is 3.40. The summed E-state index contributed by atoms with van der Waals surface area (Å²) >= 11 is 5.86. The molecule has 1 aliphatic rings. The summed E-state index contributed by atoms with van der Waals surface area (Å²) in [6.45, 7) is 2.03. The predicted octanol–water partition coefficient (Wildman–Crippen LogP) is 3.88. The molecular formula is C22H24N3PS. The first-order chi connectivity index (χ1) is 13.2. The van der Waals surface area contributed by atoms with Gasteiger partial charge in [-0.05, 0) is 37.2 Å². The summed E-state index contributed by atoms with van der Waals surface area (Å²) in [6, 6.07) is 25.6. The highest BCUT2D eigenvalue weighted by molar-refractivity contribution is 7.88. The molecule has 0 atom stereocenters. The fourth-order valence-electron chi connectivity index (χ4n) is 3.76. The second-order valence-electron chi connectivity index (χ2n) is 6.86. The summed E-state index contributed by atoms with van der Waals surface area (Å²) in [4.78, 5) is 2.26. The van der Waals surface area contributed by atoms with Crippen LogP contribution < -0.4 is 16.0 Å². The maximum absolute atomic E-state index is 5.86. The van der Waals surface area contributed by atoms with E-state index < -0.39 is 7.05 Å². The molecule has 0 aliphatic carbocycles. The molecular weight excluding hydrogens is 369 g/mol. The highest BCUT2D eigenvalue weighted by Gasteiger charge is 2.31. The Hall–Kier alpha value is -2.16. The maximum atomic E-state index is 5.86. The van der Waals surface area contributed by atoms with Crippen molar-refractivity contribution in [2.24, 2.45) is 11.8 Å². The molecule has 0 unspecified atom stereocenters. The van der Waals surface area contributed by atoms with E-state index in [1.54, 1.807) is 0 Å². The molecule has 0 amide bonds. The van der Waals surface area contributed by atoms with Crippen molar-refractivity contribution in [1.29, 1.82) is 0 Å². The number of rotatable bonds is 3. The molecule has 2 aromatic carbocycles. The third-order valence-electron chi connectivity index (χ3n) is 5.12. The van der Waals surface area contributed by atoms with Gasteiger partial charge in [0, 0.05) is 36.9 Å². The summed E-state index contributed by atoms with van der Waals surface area (Å²) in [6.07, 6.45) is 4.49. The molecule has 0 N–H and O–H groups in total. The quantitative estimate of drug-likeness (QED) is 0.497. The zero-order valence-corrected chi connectivity index (χ0v) is 17.2. The monoisotopic (exact) mass is 393 g/mol. The molecule has 27 heavy (non-hydrogen) atoms. The van der Waals surface area contributed by atoms with Crippen molar-refractivity contribution in [1.82, 2.24) is 9.47 Å². The number of hydrogen-bond acceptors (Lipinski definition) is 1. The summed E-state index contributed by atoms with van der Waals surface area (Å²) in [5.41, 5.74) is 1.22. The van der Waals surface area contributed by atoms with Gasteiger partial charge in [-0.25, -0.2) is 4.74 Å². The van der Waals surface area contributed by atoms with Crippen molar-refractivity contribution in [2.75, 3.05) is 13.1 Å². The van der Waals surface area contributed by atoms with Gasteiger partial charge in [0.1, 0.15) is 0 Å². The van der Waals surface area contributed by atoms with Gasteiger partial charge in [-0.2, -0.15) is 0 Å². The summed E-state index contributed by atoms with van der Waals surface area (Å²) in [5.74, 6) is 0. The lowest BCUT2D eigenvalue weighted by molar-refractivity contribution is 0.525. The number of benzene rings is 2. The lowest BCUT2D eigenvalue weighted by atomic mass is 10.4. The van der Waals surface area contributed by atoms with Gasteiger partial charge < -0.3 is 9.47 Å². The van der Waals surface area contributed by atoms with E-state index in [2.05, 4.69) is 95.5 Å². The molecule has 5 heteroatoms. The standard InChI is InChI=1S/C22H24N3PS/c1-24-16-10-15-21(24)26(19-11-4-2-5-12-19,20-13-6-3-7-14-20)23-22(27)25-17-8-9-18-25/h2-7,10-16H,8-9,17-18H2,1H3. The molecule has 2 heterocycles. The van der Waals surface area contributed by atoms with Crippen LogP contribution in [0.4, 0.5) is 0 Å². The first kappa shape index (κ1) is 18.2. The van der Waals surface area contributed by atoms with Crippen LogP contribution in [0.2, 0.25) is 0 Å². The van der Waals surface area contributed by atoms with Gasteiger partial charge in [0.05, 0.1) is 12.5 Å². The van der Waals surface area contributed by atoms with E-state index in [1.807, 2.05) is 0 Å². The minimum atomic E-state index is -2.25. The Morgan fingerprint density at radius 2 is 1.41 bits per heavy atom. The van der Waals surface area contributed by atoms with Crippen LogP contribution in [0.5, 0.6) is 0 Å². The number of aryl methyl sites for hydroxylation is 1. The molecule has 0 radical (unpaired) electrons. The Labute approximate surface area is 166 Å². The average Bonchev–Trinajstić information content (AvgIpc) is 3.40. The first-order valence-electron chi connectivity index (χ1n) is 9.36. The van der Waals surface area contributed by atoms with Crippen LogP contribution in [0, 0.1) is 0 Å². The fourth-order valence-corrected chi connectivity index (χ4v) is 7.88. The molecule has 3 aromatic rings. The lowest BCUT2D eigenvalue weighted by Gasteiger charge is -2.28. The van der Waals surface area contributed by atoms with E-state index in [0.717, 1.165) is 18.2 Å². The highest BCUT2D eigenvalue weighted by atomic mass is 32.1. The molecule has 1 saturated heterocycles. The molecule has 1 aromatic heterocycles. The Bertz CT molecular complexity index is 930. The molecule has 0 spiro atoms. The van der Waals surface area contributed by atoms with E-state index in [1.165, 1.54) is 28.9 Å². The number of aromatic nitrogens is 1. The van der Waals surface area contributed by atoms with E-state index in [-0.39, 0.29) is 0 Å². The smallest absolute Gasteiger partial charge is 0.195 e. The molecule has 0 bridgehead atoms. The van der Waals surface area contributed by atoms with Gasteiger partial charge in [-0.1, -0.05) is 60.7 Å². The number of thiocarbonyl (C=S) groups is 1. The van der Waals surface area contributed by atoms with Crippen molar-refractivity contribution in [3.8, 4) is 0 Å². The van der Waals surface area contributed by atoms with E-state index in [0.29, 0.717) is 0 Å². The van der Waals surface area contributed by atoms with Crippen molar-refractivity contribution >= 4 is 40.4 Å². The molecule has 1 fully saturated rings. The summed E-state index contributed by atoms with van der Waals surface area (Å²) in [7, 11) is -0.145. The average molecular weight is 393 g/mol. The SMILES string of the molecule is Cn1cccc1P(=NC(=S)N1CCCC1)(c1ccccc1)c1ccccc1. The van der Waals surface area contributed by atoms with Gasteiger partial charge in [-0.15, -0.1) is 0 Å². The van der Waals surface area contributed by atoms with Crippen LogP contribution in [0.1, 0.15) is 12.8 Å². The van der Waals surface area contributed by atoms with Gasteiger partial charge in [0.25, 0.3) is 0 Å². The Kier molecular flexibility index (Phi) is 5.29. The maximum Gasteiger partial charge on any atom is 0.195 e. The van der Waals surface area contributed by atoms with Gasteiger partial charge in [0.2, 0.25) is 0 Å². The first-order valence-corrected chi connectivity index (χ1v) is 11.5. The zero-order valence-electron chi connectivity index (χ0n) is 15.5. The minimum absolute atomic E-state index is 0.745. The van der Waals surface area contributed by atoms with Gasteiger partial charge in [0.15, 0.2) is 5.11 Å². The fraction of sp³-hybridized carbons (Fsp3) is 0.227. The van der Waals surface area contributed by atoms with Crippen LogP contribution >= 0.6 is 19.3 Å². The lowest BCUT2D eigenvalue weighted by Crippen LogP contribution is -2.32. The Balaban J connectivity index is 2.03. The minimum Gasteiger partial charge on any atom is -0.349 e. The molecule has 1 aliphatic heterocycles. The van der Waals surface area contributed by atoms with Gasteiger partial charge in [-0.3, -0.25) is 0 Å². The zero-order chi connectivity index (χ0) is 18.7. The van der Waals surface area contributed by atoms with Crippen LogP contribution in [0.3, 0.4) is 0 Å². The van der Waals surface area contributed by atoms with Crippen molar-refractivity contribution < 1.29 is 0 Å². The number of hydrogen-bond donors (Lipinski definition) is 0. The molecule has 3 nitrogen and oxygen atoms in total. The predicted molar refractivity (Wildman–Crippen MR) is 120 cm³/mol. The van der Waals surface area contributed by atoms with Crippen LogP contribution in [0.25, 0.3) is 0 Å². The Morgan fingerprint density at radius 1 is 0.852 bits per heavy atom. The largest absolute Gasteiger partial charge is 0.349 e. The number of likely N-dealkylation sites (tertiary alicyclic amines) is 1. The normalized spacial score (nSPS) is 14.3. The Morgan fingerprint density at radius 3 is 1.89 bits per heavy atom. The van der Waals surface area contributed by atoms with E-state index >= 15 is 0 Å². The highest BCUT2D eigenvalue weighted by Crippen LogP contribution is 2.46. The van der Waals surface area contributed by atoms with Crippen LogP contribution in [-0.4, -0.2) is 27.7 Å². The van der Waals surface area contributed by atoms with Crippen LogP contribution in [0.15, 0.2) is 83.7 Å².